The Kier molecular flexibility index (Phi) is 3.92. The molecule has 0 bridgehead atoms. The van der Waals surface area contributed by atoms with Crippen molar-refractivity contribution in [1.29, 1.82) is 0 Å². The smallest absolute Gasteiger partial charge is 0.192 e. The van der Waals surface area contributed by atoms with Crippen LogP contribution in [0.25, 0.3) is 11.1 Å². The van der Waals surface area contributed by atoms with E-state index in [9.17, 15) is 0 Å². The molecule has 4 nitrogen and oxygen atoms in total. The van der Waals surface area contributed by atoms with Gasteiger partial charge in [-0.1, -0.05) is 19.9 Å². The number of oxazole rings is 1. The molecule has 1 heterocycles. The van der Waals surface area contributed by atoms with Crippen LogP contribution in [-0.2, 0) is 6.54 Å². The first-order valence-electron chi connectivity index (χ1n) is 6.64. The fourth-order valence-corrected chi connectivity index (χ4v) is 2.35. The van der Waals surface area contributed by atoms with Gasteiger partial charge in [0.2, 0.25) is 0 Å². The average molecular weight is 261 g/mol. The third kappa shape index (κ3) is 3.55. The number of nitrogens with two attached hydrogens (primary N) is 1. The Bertz CT molecular complexity index is 560. The zero-order valence-electron chi connectivity index (χ0n) is 12.2. The molecule has 4 heteroatoms. The predicted octanol–water partition coefficient (Wildman–Crippen LogP) is 2.55. The van der Waals surface area contributed by atoms with Crippen molar-refractivity contribution in [3.8, 4) is 0 Å². The second-order valence-electron chi connectivity index (χ2n) is 6.08. The molecule has 104 valence electrons. The summed E-state index contributed by atoms with van der Waals surface area (Å²) in [5.41, 5.74) is 8.94. The minimum Gasteiger partial charge on any atom is -0.441 e. The van der Waals surface area contributed by atoms with Gasteiger partial charge in [0.15, 0.2) is 11.5 Å². The van der Waals surface area contributed by atoms with E-state index >= 15 is 0 Å². The first kappa shape index (κ1) is 14.0. The molecule has 2 N–H and O–H groups in total. The van der Waals surface area contributed by atoms with E-state index < -0.39 is 0 Å². The van der Waals surface area contributed by atoms with Gasteiger partial charge in [-0.25, -0.2) is 4.98 Å². The van der Waals surface area contributed by atoms with Gasteiger partial charge in [-0.15, -0.1) is 0 Å². The summed E-state index contributed by atoms with van der Waals surface area (Å²) in [4.78, 5) is 6.60. The second kappa shape index (κ2) is 5.31. The van der Waals surface area contributed by atoms with Gasteiger partial charge in [0.25, 0.3) is 0 Å². The van der Waals surface area contributed by atoms with E-state index in [0.717, 1.165) is 24.2 Å². The molecule has 0 aliphatic heterocycles. The van der Waals surface area contributed by atoms with Crippen molar-refractivity contribution >= 4 is 11.1 Å². The summed E-state index contributed by atoms with van der Waals surface area (Å²) in [6, 6.07) is 6.20. The third-order valence-corrected chi connectivity index (χ3v) is 3.26. The molecule has 0 spiro atoms. The molecule has 1 aromatic heterocycles. The van der Waals surface area contributed by atoms with Crippen molar-refractivity contribution in [3.63, 3.8) is 0 Å². The zero-order valence-corrected chi connectivity index (χ0v) is 12.2. The van der Waals surface area contributed by atoms with Gasteiger partial charge in [0.1, 0.15) is 5.52 Å². The van der Waals surface area contributed by atoms with Crippen molar-refractivity contribution in [2.75, 3.05) is 20.1 Å². The highest BCUT2D eigenvalue weighted by Gasteiger charge is 2.18. The van der Waals surface area contributed by atoms with Gasteiger partial charge in [-0.2, -0.15) is 0 Å². The molecule has 2 aromatic rings. The molecule has 2 rings (SSSR count). The maximum atomic E-state index is 5.78. The molecule has 0 saturated carbocycles. The van der Waals surface area contributed by atoms with Gasteiger partial charge in [0.05, 0.1) is 0 Å². The summed E-state index contributed by atoms with van der Waals surface area (Å²) in [6.45, 7) is 8.79. The van der Waals surface area contributed by atoms with Gasteiger partial charge in [0, 0.05) is 20.0 Å². The molecule has 0 unspecified atom stereocenters. The number of hydrogen-bond acceptors (Lipinski definition) is 4. The van der Waals surface area contributed by atoms with Crippen LogP contribution in [-0.4, -0.2) is 30.0 Å². The molecule has 1 aromatic carbocycles. The fraction of sp³-hybridized carbons (Fsp3) is 0.533. The Morgan fingerprint density at radius 1 is 1.37 bits per heavy atom. The minimum atomic E-state index is 0.141. The lowest BCUT2D eigenvalue weighted by atomic mass is 9.93. The average Bonchev–Trinajstić information content (AvgIpc) is 2.67. The molecular formula is C15H23N3O. The predicted molar refractivity (Wildman–Crippen MR) is 77.9 cm³/mol. The van der Waals surface area contributed by atoms with Crippen molar-refractivity contribution < 1.29 is 4.42 Å². The summed E-state index contributed by atoms with van der Waals surface area (Å²) < 4.78 is 5.56. The van der Waals surface area contributed by atoms with E-state index in [4.69, 9.17) is 10.2 Å². The van der Waals surface area contributed by atoms with E-state index in [1.165, 1.54) is 5.56 Å². The van der Waals surface area contributed by atoms with Crippen LogP contribution in [0, 0.1) is 12.3 Å². The summed E-state index contributed by atoms with van der Waals surface area (Å²) in [7, 11) is 2.12. The van der Waals surface area contributed by atoms with Crippen molar-refractivity contribution in [2.45, 2.75) is 27.3 Å². The van der Waals surface area contributed by atoms with Gasteiger partial charge < -0.3 is 15.1 Å². The fourth-order valence-electron chi connectivity index (χ4n) is 2.35. The number of rotatable bonds is 5. The first-order chi connectivity index (χ1) is 8.89. The molecule has 0 aliphatic rings. The summed E-state index contributed by atoms with van der Waals surface area (Å²) in [5, 5.41) is 0. The van der Waals surface area contributed by atoms with Crippen molar-refractivity contribution in [1.82, 2.24) is 9.88 Å². The van der Waals surface area contributed by atoms with Crippen molar-refractivity contribution in [3.05, 3.63) is 29.7 Å². The SMILES string of the molecule is Cc1nc2ccc(CN(C)CC(C)(C)CN)cc2o1. The molecule has 0 fully saturated rings. The first-order valence-corrected chi connectivity index (χ1v) is 6.64. The van der Waals surface area contributed by atoms with E-state index in [1.807, 2.05) is 13.0 Å². The minimum absolute atomic E-state index is 0.141. The largest absolute Gasteiger partial charge is 0.441 e. The molecule has 0 atom stereocenters. The van der Waals surface area contributed by atoms with Crippen LogP contribution in [0.5, 0.6) is 0 Å². The number of benzene rings is 1. The Morgan fingerprint density at radius 3 is 2.79 bits per heavy atom. The van der Waals surface area contributed by atoms with Crippen LogP contribution in [0.2, 0.25) is 0 Å². The Hall–Kier alpha value is -1.39. The van der Waals surface area contributed by atoms with E-state index in [-0.39, 0.29) is 5.41 Å². The molecule has 19 heavy (non-hydrogen) atoms. The van der Waals surface area contributed by atoms with E-state index in [0.29, 0.717) is 12.4 Å². The lowest BCUT2D eigenvalue weighted by molar-refractivity contribution is 0.210. The standard InChI is InChI=1S/C15H23N3O/c1-11-17-13-6-5-12(7-14(13)19-11)8-18(4)10-15(2,3)9-16/h5-7H,8-10,16H2,1-4H3. The monoisotopic (exact) mass is 261 g/mol. The molecule has 0 radical (unpaired) electrons. The Morgan fingerprint density at radius 2 is 2.11 bits per heavy atom. The lowest BCUT2D eigenvalue weighted by Crippen LogP contribution is -2.36. The summed E-state index contributed by atoms with van der Waals surface area (Å²) in [5.74, 6) is 0.713. The molecule has 0 amide bonds. The van der Waals surface area contributed by atoms with E-state index in [1.54, 1.807) is 0 Å². The van der Waals surface area contributed by atoms with Gasteiger partial charge >= 0.3 is 0 Å². The van der Waals surface area contributed by atoms with E-state index in [2.05, 4.69) is 42.9 Å². The summed E-state index contributed by atoms with van der Waals surface area (Å²) in [6.07, 6.45) is 0. The number of aromatic nitrogens is 1. The normalized spacial score (nSPS) is 12.5. The maximum absolute atomic E-state index is 5.78. The van der Waals surface area contributed by atoms with Crippen LogP contribution in [0.3, 0.4) is 0 Å². The quantitative estimate of drug-likeness (QED) is 0.898. The third-order valence-electron chi connectivity index (χ3n) is 3.26. The highest BCUT2D eigenvalue weighted by molar-refractivity contribution is 5.73. The Balaban J connectivity index is 2.08. The van der Waals surface area contributed by atoms with Crippen LogP contribution >= 0.6 is 0 Å². The topological polar surface area (TPSA) is 55.3 Å². The van der Waals surface area contributed by atoms with Crippen LogP contribution in [0.15, 0.2) is 22.6 Å². The molecule has 0 saturated heterocycles. The van der Waals surface area contributed by atoms with Gasteiger partial charge in [-0.05, 0) is 36.7 Å². The Labute approximate surface area is 114 Å². The number of fused-ring (bicyclic) bond motifs is 1. The maximum Gasteiger partial charge on any atom is 0.192 e. The second-order valence-corrected chi connectivity index (χ2v) is 6.08. The molecular weight excluding hydrogens is 238 g/mol. The molecule has 0 aliphatic carbocycles. The number of aryl methyl sites for hydroxylation is 1. The van der Waals surface area contributed by atoms with Crippen LogP contribution in [0.4, 0.5) is 0 Å². The zero-order chi connectivity index (χ0) is 14.0. The lowest BCUT2D eigenvalue weighted by Gasteiger charge is -2.29. The highest BCUT2D eigenvalue weighted by Crippen LogP contribution is 2.19. The van der Waals surface area contributed by atoms with Crippen molar-refractivity contribution in [2.24, 2.45) is 11.1 Å². The van der Waals surface area contributed by atoms with Crippen LogP contribution in [0.1, 0.15) is 25.3 Å². The number of nitrogens with zero attached hydrogens (tertiary/aromatic N) is 2. The summed E-state index contributed by atoms with van der Waals surface area (Å²) >= 11 is 0. The van der Waals surface area contributed by atoms with Crippen LogP contribution < -0.4 is 5.73 Å². The number of hydrogen-bond donors (Lipinski definition) is 1. The highest BCUT2D eigenvalue weighted by atomic mass is 16.3. The van der Waals surface area contributed by atoms with Gasteiger partial charge in [-0.3, -0.25) is 0 Å².